The highest BCUT2D eigenvalue weighted by atomic mass is 16.2. The van der Waals surface area contributed by atoms with E-state index in [1.54, 1.807) is 6.20 Å². The van der Waals surface area contributed by atoms with E-state index in [-0.39, 0.29) is 5.91 Å². The maximum absolute atomic E-state index is 12.1. The maximum atomic E-state index is 12.1. The second-order valence-corrected chi connectivity index (χ2v) is 6.45. The molecule has 0 saturated heterocycles. The van der Waals surface area contributed by atoms with E-state index in [0.29, 0.717) is 12.1 Å². The first kappa shape index (κ1) is 19.8. The van der Waals surface area contributed by atoms with Crippen LogP contribution in [-0.4, -0.2) is 16.6 Å². The van der Waals surface area contributed by atoms with Gasteiger partial charge in [0.15, 0.2) is 0 Å². The molecule has 4 heteroatoms. The monoisotopic (exact) mass is 351 g/mol. The van der Waals surface area contributed by atoms with Gasteiger partial charge in [-0.2, -0.15) is 5.10 Å². The Balaban J connectivity index is 1.87. The van der Waals surface area contributed by atoms with Gasteiger partial charge >= 0.3 is 0 Å². The standard InChI is InChI=1S/C22H29N3O/c1-2-3-4-5-6-7-11-17-21(26)24-25-22(19-14-9-8-10-15-19)20-16-12-13-18-23-20/h8-10,12-16,18H,2-7,11,17H2,1H3,(H,24,26)/b25-22-. The van der Waals surface area contributed by atoms with Crippen molar-refractivity contribution in [2.45, 2.75) is 58.3 Å². The zero-order valence-corrected chi connectivity index (χ0v) is 15.7. The SMILES string of the molecule is CCCCCCCCCC(=O)N/N=C(/c1ccccc1)c1ccccn1. The van der Waals surface area contributed by atoms with Crippen LogP contribution in [0.3, 0.4) is 0 Å². The van der Waals surface area contributed by atoms with Gasteiger partial charge in [0.05, 0.1) is 5.69 Å². The van der Waals surface area contributed by atoms with Crippen LogP contribution in [0.5, 0.6) is 0 Å². The molecular weight excluding hydrogens is 322 g/mol. The molecule has 2 rings (SSSR count). The number of carbonyl (C=O) groups excluding carboxylic acids is 1. The molecule has 0 aliphatic rings. The minimum absolute atomic E-state index is 0.0390. The van der Waals surface area contributed by atoms with Crippen LogP contribution in [0.2, 0.25) is 0 Å². The lowest BCUT2D eigenvalue weighted by molar-refractivity contribution is -0.121. The lowest BCUT2D eigenvalue weighted by Crippen LogP contribution is -2.20. The highest BCUT2D eigenvalue weighted by molar-refractivity contribution is 6.11. The molecule has 0 aliphatic heterocycles. The number of rotatable bonds is 11. The summed E-state index contributed by atoms with van der Waals surface area (Å²) in [5, 5.41) is 4.36. The Labute approximate surface area is 156 Å². The maximum Gasteiger partial charge on any atom is 0.240 e. The highest BCUT2D eigenvalue weighted by Gasteiger charge is 2.09. The first-order valence-corrected chi connectivity index (χ1v) is 9.64. The number of unbranched alkanes of at least 4 members (excludes halogenated alkanes) is 6. The number of amides is 1. The average Bonchev–Trinajstić information content (AvgIpc) is 2.69. The molecule has 0 bridgehead atoms. The van der Waals surface area contributed by atoms with Gasteiger partial charge in [-0.25, -0.2) is 5.43 Å². The lowest BCUT2D eigenvalue weighted by atomic mass is 10.1. The molecule has 0 unspecified atom stereocenters. The number of nitrogens with zero attached hydrogens (tertiary/aromatic N) is 2. The quantitative estimate of drug-likeness (QED) is 0.348. The normalized spacial score (nSPS) is 11.3. The molecule has 0 aliphatic carbocycles. The van der Waals surface area contributed by atoms with E-state index < -0.39 is 0 Å². The third kappa shape index (κ3) is 7.18. The summed E-state index contributed by atoms with van der Waals surface area (Å²) in [5.41, 5.74) is 5.06. The number of hydrogen-bond acceptors (Lipinski definition) is 3. The Morgan fingerprint density at radius 2 is 1.62 bits per heavy atom. The number of carbonyl (C=O) groups is 1. The summed E-state index contributed by atoms with van der Waals surface area (Å²) in [6, 6.07) is 15.5. The third-order valence-electron chi connectivity index (χ3n) is 4.25. The summed E-state index contributed by atoms with van der Waals surface area (Å²) in [4.78, 5) is 16.5. The minimum Gasteiger partial charge on any atom is -0.273 e. The van der Waals surface area contributed by atoms with Crippen molar-refractivity contribution in [1.29, 1.82) is 0 Å². The predicted molar refractivity (Wildman–Crippen MR) is 107 cm³/mol. The molecule has 1 aromatic carbocycles. The minimum atomic E-state index is -0.0390. The van der Waals surface area contributed by atoms with Crippen molar-refractivity contribution in [2.24, 2.45) is 5.10 Å². The molecule has 0 radical (unpaired) electrons. The fourth-order valence-electron chi connectivity index (χ4n) is 2.79. The van der Waals surface area contributed by atoms with E-state index >= 15 is 0 Å². The summed E-state index contributed by atoms with van der Waals surface area (Å²) in [6.45, 7) is 2.22. The first-order valence-electron chi connectivity index (χ1n) is 9.64. The van der Waals surface area contributed by atoms with Crippen molar-refractivity contribution < 1.29 is 4.79 Å². The van der Waals surface area contributed by atoms with Gasteiger partial charge in [0.25, 0.3) is 0 Å². The van der Waals surface area contributed by atoms with Crippen molar-refractivity contribution in [2.75, 3.05) is 0 Å². The van der Waals surface area contributed by atoms with Gasteiger partial charge in [0.2, 0.25) is 5.91 Å². The lowest BCUT2D eigenvalue weighted by Gasteiger charge is -2.07. The molecular formula is C22H29N3O. The fourth-order valence-corrected chi connectivity index (χ4v) is 2.79. The molecule has 0 spiro atoms. The van der Waals surface area contributed by atoms with E-state index in [1.165, 1.54) is 32.1 Å². The second kappa shape index (κ2) is 12.0. The van der Waals surface area contributed by atoms with Crippen LogP contribution in [0.15, 0.2) is 59.8 Å². The molecule has 1 amide bonds. The Morgan fingerprint density at radius 1 is 0.923 bits per heavy atom. The third-order valence-corrected chi connectivity index (χ3v) is 4.25. The average molecular weight is 351 g/mol. The van der Waals surface area contributed by atoms with Crippen molar-refractivity contribution in [3.63, 3.8) is 0 Å². The summed E-state index contributed by atoms with van der Waals surface area (Å²) in [6.07, 6.45) is 10.6. The van der Waals surface area contributed by atoms with E-state index in [0.717, 1.165) is 24.1 Å². The van der Waals surface area contributed by atoms with Crippen molar-refractivity contribution in [3.05, 3.63) is 66.0 Å². The molecule has 1 N–H and O–H groups in total. The smallest absolute Gasteiger partial charge is 0.240 e. The summed E-state index contributed by atoms with van der Waals surface area (Å²) in [5.74, 6) is -0.0390. The Kier molecular flexibility index (Phi) is 9.12. The first-order chi connectivity index (χ1) is 12.8. The van der Waals surface area contributed by atoms with Gasteiger partial charge < -0.3 is 0 Å². The van der Waals surface area contributed by atoms with Gasteiger partial charge in [-0.3, -0.25) is 9.78 Å². The van der Waals surface area contributed by atoms with Crippen molar-refractivity contribution >= 4 is 11.6 Å². The Morgan fingerprint density at radius 3 is 2.31 bits per heavy atom. The molecule has 0 atom stereocenters. The van der Waals surface area contributed by atoms with Gasteiger partial charge in [0.1, 0.15) is 5.71 Å². The molecule has 26 heavy (non-hydrogen) atoms. The number of pyridine rings is 1. The van der Waals surface area contributed by atoms with Gasteiger partial charge in [-0.1, -0.05) is 81.8 Å². The van der Waals surface area contributed by atoms with Gasteiger partial charge in [0, 0.05) is 18.2 Å². The fraction of sp³-hybridized carbons (Fsp3) is 0.409. The summed E-state index contributed by atoms with van der Waals surface area (Å²) >= 11 is 0. The van der Waals surface area contributed by atoms with Crippen LogP contribution in [0.25, 0.3) is 0 Å². The molecule has 138 valence electrons. The molecule has 1 heterocycles. The topological polar surface area (TPSA) is 54.4 Å². The van der Waals surface area contributed by atoms with Crippen LogP contribution in [0.4, 0.5) is 0 Å². The van der Waals surface area contributed by atoms with Gasteiger partial charge in [-0.05, 0) is 18.6 Å². The van der Waals surface area contributed by atoms with Crippen molar-refractivity contribution in [1.82, 2.24) is 10.4 Å². The molecule has 2 aromatic rings. The Hall–Kier alpha value is -2.49. The van der Waals surface area contributed by atoms with Crippen molar-refractivity contribution in [3.8, 4) is 0 Å². The largest absolute Gasteiger partial charge is 0.273 e. The van der Waals surface area contributed by atoms with E-state index in [1.807, 2.05) is 48.5 Å². The summed E-state index contributed by atoms with van der Waals surface area (Å²) < 4.78 is 0. The van der Waals surface area contributed by atoms with Crippen LogP contribution in [0.1, 0.15) is 69.5 Å². The molecule has 1 aromatic heterocycles. The Bertz CT molecular complexity index is 627. The second-order valence-electron chi connectivity index (χ2n) is 6.45. The predicted octanol–water partition coefficient (Wildman–Crippen LogP) is 5.09. The number of nitrogens with one attached hydrogen (secondary N) is 1. The zero-order valence-electron chi connectivity index (χ0n) is 15.7. The number of benzene rings is 1. The van der Waals surface area contributed by atoms with E-state index in [4.69, 9.17) is 0 Å². The van der Waals surface area contributed by atoms with Crippen LogP contribution < -0.4 is 5.43 Å². The highest BCUT2D eigenvalue weighted by Crippen LogP contribution is 2.10. The van der Waals surface area contributed by atoms with Crippen LogP contribution in [-0.2, 0) is 4.79 Å². The van der Waals surface area contributed by atoms with Gasteiger partial charge in [-0.15, -0.1) is 0 Å². The molecule has 4 nitrogen and oxygen atoms in total. The summed E-state index contributed by atoms with van der Waals surface area (Å²) in [7, 11) is 0. The molecule has 0 fully saturated rings. The van der Waals surface area contributed by atoms with Crippen LogP contribution >= 0.6 is 0 Å². The van der Waals surface area contributed by atoms with Crippen LogP contribution in [0, 0.1) is 0 Å². The number of hydrazone groups is 1. The van der Waals surface area contributed by atoms with E-state index in [2.05, 4.69) is 22.4 Å². The number of hydrogen-bond donors (Lipinski definition) is 1. The number of aromatic nitrogens is 1. The van der Waals surface area contributed by atoms with E-state index in [9.17, 15) is 4.79 Å². The zero-order chi connectivity index (χ0) is 18.5. The molecule has 0 saturated carbocycles.